The van der Waals surface area contributed by atoms with Gasteiger partial charge in [0.25, 0.3) is 0 Å². The Hall–Kier alpha value is -1.95. The van der Waals surface area contributed by atoms with Crippen LogP contribution in [0.5, 0.6) is 11.5 Å². The molecule has 0 unspecified atom stereocenters. The lowest BCUT2D eigenvalue weighted by atomic mass is 10.1. The third-order valence-corrected chi connectivity index (χ3v) is 5.57. The number of morpholine rings is 1. The molecular formula is C21H27N3O2. The average molecular weight is 353 g/mol. The van der Waals surface area contributed by atoms with Crippen LogP contribution in [0.25, 0.3) is 0 Å². The van der Waals surface area contributed by atoms with Crippen molar-refractivity contribution >= 4 is 0 Å². The van der Waals surface area contributed by atoms with E-state index in [1.807, 2.05) is 24.3 Å². The topological polar surface area (TPSA) is 37.8 Å². The summed E-state index contributed by atoms with van der Waals surface area (Å²) in [5.41, 5.74) is 1.23. The number of hydrogen-bond acceptors (Lipinski definition) is 5. The first-order valence-corrected chi connectivity index (χ1v) is 9.53. The Morgan fingerprint density at radius 3 is 2.77 bits per heavy atom. The predicted octanol–water partition coefficient (Wildman–Crippen LogP) is 3.17. The van der Waals surface area contributed by atoms with Crippen molar-refractivity contribution in [2.24, 2.45) is 0 Å². The van der Waals surface area contributed by atoms with Gasteiger partial charge in [-0.15, -0.1) is 0 Å². The van der Waals surface area contributed by atoms with E-state index >= 15 is 0 Å². The van der Waals surface area contributed by atoms with Crippen LogP contribution in [0, 0.1) is 0 Å². The molecule has 2 saturated heterocycles. The van der Waals surface area contributed by atoms with Gasteiger partial charge in [0.15, 0.2) is 0 Å². The Labute approximate surface area is 155 Å². The lowest BCUT2D eigenvalue weighted by molar-refractivity contribution is 0.00982. The molecule has 0 bridgehead atoms. The molecule has 4 rings (SSSR count). The average Bonchev–Trinajstić information content (AvgIpc) is 3.05. The summed E-state index contributed by atoms with van der Waals surface area (Å²) in [6.45, 7) is 8.25. The minimum atomic E-state index is 0.541. The van der Waals surface area contributed by atoms with Crippen LogP contribution in [0.15, 0.2) is 48.8 Å². The molecule has 2 aliphatic heterocycles. The normalized spacial score (nSPS) is 24.7. The zero-order valence-corrected chi connectivity index (χ0v) is 15.4. The van der Waals surface area contributed by atoms with Gasteiger partial charge in [0, 0.05) is 50.0 Å². The summed E-state index contributed by atoms with van der Waals surface area (Å²) in [6.07, 6.45) is 4.74. The zero-order chi connectivity index (χ0) is 17.8. The largest absolute Gasteiger partial charge is 0.455 e. The van der Waals surface area contributed by atoms with Crippen LogP contribution < -0.4 is 4.74 Å². The third-order valence-electron chi connectivity index (χ3n) is 5.57. The molecule has 1 aromatic carbocycles. The lowest BCUT2D eigenvalue weighted by Gasteiger charge is -2.36. The van der Waals surface area contributed by atoms with Crippen LogP contribution in [0.3, 0.4) is 0 Å². The molecule has 26 heavy (non-hydrogen) atoms. The molecule has 0 saturated carbocycles. The van der Waals surface area contributed by atoms with E-state index in [-0.39, 0.29) is 0 Å². The maximum absolute atomic E-state index is 6.08. The van der Waals surface area contributed by atoms with Gasteiger partial charge in [-0.05, 0) is 31.5 Å². The highest BCUT2D eigenvalue weighted by Crippen LogP contribution is 2.30. The minimum absolute atomic E-state index is 0.541. The molecule has 0 aliphatic carbocycles. The van der Waals surface area contributed by atoms with Crippen molar-refractivity contribution < 1.29 is 9.47 Å². The van der Waals surface area contributed by atoms with E-state index in [0.717, 1.165) is 50.9 Å². The summed E-state index contributed by atoms with van der Waals surface area (Å²) in [5, 5.41) is 0. The third kappa shape index (κ3) is 3.90. The molecule has 2 fully saturated rings. The van der Waals surface area contributed by atoms with Crippen molar-refractivity contribution in [3.8, 4) is 11.5 Å². The number of pyridine rings is 1. The van der Waals surface area contributed by atoms with Crippen molar-refractivity contribution in [1.29, 1.82) is 0 Å². The Balaban J connectivity index is 1.44. The molecule has 2 aliphatic rings. The quantitative estimate of drug-likeness (QED) is 0.825. The first kappa shape index (κ1) is 17.5. The Morgan fingerprint density at radius 1 is 1.12 bits per heavy atom. The van der Waals surface area contributed by atoms with E-state index in [0.29, 0.717) is 12.1 Å². The molecule has 0 amide bonds. The standard InChI is InChI=1S/C21H27N3O2/c1-17-20(23-11-13-25-14-12-23)8-10-24(17)16-18-5-2-3-7-21(18)26-19-6-4-9-22-15-19/h2-7,9,15,17,20H,8,10-14,16H2,1H3/t17-,20-/m1/s1. The highest BCUT2D eigenvalue weighted by Gasteiger charge is 2.35. The van der Waals surface area contributed by atoms with Gasteiger partial charge in [-0.25, -0.2) is 0 Å². The van der Waals surface area contributed by atoms with E-state index in [1.54, 1.807) is 12.4 Å². The van der Waals surface area contributed by atoms with Crippen LogP contribution >= 0.6 is 0 Å². The molecule has 0 N–H and O–H groups in total. The number of nitrogens with zero attached hydrogens (tertiary/aromatic N) is 3. The van der Waals surface area contributed by atoms with E-state index in [9.17, 15) is 0 Å². The fourth-order valence-electron chi connectivity index (χ4n) is 4.09. The second kappa shape index (κ2) is 8.16. The number of ether oxygens (including phenoxy) is 2. The fourth-order valence-corrected chi connectivity index (χ4v) is 4.09. The van der Waals surface area contributed by atoms with Gasteiger partial charge in [-0.1, -0.05) is 18.2 Å². The van der Waals surface area contributed by atoms with E-state index in [4.69, 9.17) is 9.47 Å². The number of aromatic nitrogens is 1. The molecule has 138 valence electrons. The van der Waals surface area contributed by atoms with Crippen molar-refractivity contribution in [2.75, 3.05) is 32.8 Å². The minimum Gasteiger partial charge on any atom is -0.455 e. The fraction of sp³-hybridized carbons (Fsp3) is 0.476. The molecule has 2 atom stereocenters. The lowest BCUT2D eigenvalue weighted by Crippen LogP contribution is -2.48. The van der Waals surface area contributed by atoms with Crippen LogP contribution in [0.4, 0.5) is 0 Å². The first-order chi connectivity index (χ1) is 12.8. The maximum atomic E-state index is 6.08. The second-order valence-electron chi connectivity index (χ2n) is 7.11. The summed E-state index contributed by atoms with van der Waals surface area (Å²) < 4.78 is 11.6. The van der Waals surface area contributed by atoms with Gasteiger partial charge >= 0.3 is 0 Å². The Bertz CT molecular complexity index is 703. The zero-order valence-electron chi connectivity index (χ0n) is 15.4. The van der Waals surface area contributed by atoms with Crippen LogP contribution in [0.1, 0.15) is 18.9 Å². The number of para-hydroxylation sites is 1. The van der Waals surface area contributed by atoms with E-state index in [2.05, 4.69) is 33.8 Å². The summed E-state index contributed by atoms with van der Waals surface area (Å²) >= 11 is 0. The molecule has 2 aromatic rings. The van der Waals surface area contributed by atoms with Crippen molar-refractivity contribution in [3.05, 3.63) is 54.4 Å². The number of likely N-dealkylation sites (tertiary alicyclic amines) is 1. The molecule has 0 spiro atoms. The maximum Gasteiger partial charge on any atom is 0.145 e. The molecule has 5 heteroatoms. The monoisotopic (exact) mass is 353 g/mol. The molecule has 0 radical (unpaired) electrons. The summed E-state index contributed by atoms with van der Waals surface area (Å²) in [7, 11) is 0. The number of rotatable bonds is 5. The Kier molecular flexibility index (Phi) is 5.48. The van der Waals surface area contributed by atoms with E-state index < -0.39 is 0 Å². The molecule has 1 aromatic heterocycles. The van der Waals surface area contributed by atoms with Gasteiger partial charge < -0.3 is 9.47 Å². The van der Waals surface area contributed by atoms with Gasteiger partial charge in [-0.2, -0.15) is 0 Å². The van der Waals surface area contributed by atoms with Crippen molar-refractivity contribution in [2.45, 2.75) is 32.0 Å². The van der Waals surface area contributed by atoms with Gasteiger partial charge in [0.2, 0.25) is 0 Å². The number of benzene rings is 1. The highest BCUT2D eigenvalue weighted by atomic mass is 16.5. The number of hydrogen-bond donors (Lipinski definition) is 0. The highest BCUT2D eigenvalue weighted by molar-refractivity contribution is 5.37. The summed E-state index contributed by atoms with van der Waals surface area (Å²) in [5.74, 6) is 1.70. The second-order valence-corrected chi connectivity index (χ2v) is 7.11. The summed E-state index contributed by atoms with van der Waals surface area (Å²) in [4.78, 5) is 9.31. The summed E-state index contributed by atoms with van der Waals surface area (Å²) in [6, 6.07) is 13.3. The predicted molar refractivity (Wildman–Crippen MR) is 101 cm³/mol. The molecule has 3 heterocycles. The Morgan fingerprint density at radius 2 is 1.96 bits per heavy atom. The van der Waals surface area contributed by atoms with Crippen molar-refractivity contribution in [1.82, 2.24) is 14.8 Å². The van der Waals surface area contributed by atoms with Crippen molar-refractivity contribution in [3.63, 3.8) is 0 Å². The van der Waals surface area contributed by atoms with Crippen LogP contribution in [0.2, 0.25) is 0 Å². The molecular weight excluding hydrogens is 326 g/mol. The smallest absolute Gasteiger partial charge is 0.145 e. The van der Waals surface area contributed by atoms with Gasteiger partial charge in [0.05, 0.1) is 19.4 Å². The van der Waals surface area contributed by atoms with E-state index in [1.165, 1.54) is 12.0 Å². The van der Waals surface area contributed by atoms with Crippen LogP contribution in [-0.2, 0) is 11.3 Å². The molecule has 5 nitrogen and oxygen atoms in total. The van der Waals surface area contributed by atoms with Crippen LogP contribution in [-0.4, -0.2) is 59.7 Å². The first-order valence-electron chi connectivity index (χ1n) is 9.53. The van der Waals surface area contributed by atoms with Gasteiger partial charge in [0.1, 0.15) is 11.5 Å². The van der Waals surface area contributed by atoms with Gasteiger partial charge in [-0.3, -0.25) is 14.8 Å². The SMILES string of the molecule is C[C@@H]1[C@H](N2CCOCC2)CCN1Cc1ccccc1Oc1cccnc1.